The van der Waals surface area contributed by atoms with Gasteiger partial charge in [0.05, 0.1) is 0 Å². The monoisotopic (exact) mass is 208 g/mol. The summed E-state index contributed by atoms with van der Waals surface area (Å²) in [5.74, 6) is 4.95. The van der Waals surface area contributed by atoms with E-state index in [1.54, 1.807) is 0 Å². The lowest BCUT2D eigenvalue weighted by atomic mass is 9.47. The van der Waals surface area contributed by atoms with Crippen molar-refractivity contribution in [2.45, 2.75) is 60.3 Å². The second kappa shape index (κ2) is 3.79. The summed E-state index contributed by atoms with van der Waals surface area (Å²) in [4.78, 5) is 0. The first-order valence-electron chi connectivity index (χ1n) is 7.01. The number of rotatable bonds is 2. The van der Waals surface area contributed by atoms with Crippen LogP contribution in [0.5, 0.6) is 0 Å². The summed E-state index contributed by atoms with van der Waals surface area (Å²) >= 11 is 0. The van der Waals surface area contributed by atoms with Gasteiger partial charge in [0, 0.05) is 0 Å². The zero-order chi connectivity index (χ0) is 11.2. The maximum absolute atomic E-state index is 2.58. The Hall–Kier alpha value is 0. The van der Waals surface area contributed by atoms with Crippen molar-refractivity contribution in [3.63, 3.8) is 0 Å². The summed E-state index contributed by atoms with van der Waals surface area (Å²) in [6.45, 7) is 12.5. The van der Waals surface area contributed by atoms with E-state index in [9.17, 15) is 0 Å². The molecule has 0 saturated heterocycles. The van der Waals surface area contributed by atoms with Crippen LogP contribution in [0.3, 0.4) is 0 Å². The maximum atomic E-state index is 2.58. The molecule has 2 rings (SSSR count). The van der Waals surface area contributed by atoms with Crippen molar-refractivity contribution in [3.8, 4) is 0 Å². The van der Waals surface area contributed by atoms with E-state index in [1.165, 1.54) is 25.7 Å². The van der Waals surface area contributed by atoms with E-state index < -0.39 is 0 Å². The molecule has 0 spiro atoms. The van der Waals surface area contributed by atoms with E-state index in [0.717, 1.165) is 29.6 Å². The summed E-state index contributed by atoms with van der Waals surface area (Å²) in [5, 5.41) is 0. The smallest absolute Gasteiger partial charge is 0.0241 e. The highest BCUT2D eigenvalue weighted by atomic mass is 14.6. The van der Waals surface area contributed by atoms with Gasteiger partial charge in [-0.3, -0.25) is 0 Å². The third-order valence-electron chi connectivity index (χ3n) is 6.19. The highest BCUT2D eigenvalue weighted by molar-refractivity contribution is 5.04. The van der Waals surface area contributed by atoms with Crippen molar-refractivity contribution in [2.75, 3.05) is 0 Å². The van der Waals surface area contributed by atoms with Crippen LogP contribution in [-0.2, 0) is 0 Å². The van der Waals surface area contributed by atoms with Crippen LogP contribution < -0.4 is 0 Å². The van der Waals surface area contributed by atoms with Gasteiger partial charge in [-0.05, 0) is 47.8 Å². The highest BCUT2D eigenvalue weighted by Crippen LogP contribution is 2.62. The Balaban J connectivity index is 2.20. The van der Waals surface area contributed by atoms with E-state index in [4.69, 9.17) is 0 Å². The average molecular weight is 208 g/mol. The Bertz CT molecular complexity index is 222. The van der Waals surface area contributed by atoms with Gasteiger partial charge in [-0.25, -0.2) is 0 Å². The summed E-state index contributed by atoms with van der Waals surface area (Å²) in [5.41, 5.74) is 0.663. The lowest BCUT2D eigenvalue weighted by Crippen LogP contribution is -2.51. The van der Waals surface area contributed by atoms with Crippen molar-refractivity contribution in [2.24, 2.45) is 35.0 Å². The fraction of sp³-hybridized carbons (Fsp3) is 1.00. The van der Waals surface area contributed by atoms with Gasteiger partial charge in [-0.2, -0.15) is 0 Å². The SMILES string of the molecule is CCC1CCC(C)C1C1(C)C(C)CC1C. The molecule has 0 aromatic heterocycles. The summed E-state index contributed by atoms with van der Waals surface area (Å²) in [6, 6.07) is 0. The standard InChI is InChI=1S/C15H28/c1-6-13-8-7-10(2)14(13)15(5)11(3)9-12(15)4/h10-14H,6-9H2,1-5H3. The van der Waals surface area contributed by atoms with Gasteiger partial charge in [0.1, 0.15) is 0 Å². The van der Waals surface area contributed by atoms with Crippen LogP contribution in [0.25, 0.3) is 0 Å². The minimum atomic E-state index is 0.663. The fourth-order valence-electron chi connectivity index (χ4n) is 4.90. The maximum Gasteiger partial charge on any atom is -0.0241 e. The van der Waals surface area contributed by atoms with Crippen molar-refractivity contribution >= 4 is 0 Å². The van der Waals surface area contributed by atoms with E-state index in [2.05, 4.69) is 34.6 Å². The molecule has 2 aliphatic carbocycles. The first-order chi connectivity index (χ1) is 7.01. The van der Waals surface area contributed by atoms with Gasteiger partial charge < -0.3 is 0 Å². The van der Waals surface area contributed by atoms with Crippen molar-refractivity contribution in [1.29, 1.82) is 0 Å². The highest BCUT2D eigenvalue weighted by Gasteiger charge is 2.55. The zero-order valence-corrected chi connectivity index (χ0v) is 11.2. The molecule has 5 unspecified atom stereocenters. The molecule has 0 N–H and O–H groups in total. The molecule has 0 aromatic rings. The molecule has 15 heavy (non-hydrogen) atoms. The normalized spacial score (nSPS) is 55.4. The van der Waals surface area contributed by atoms with Crippen molar-refractivity contribution in [3.05, 3.63) is 0 Å². The molecule has 5 atom stereocenters. The summed E-state index contributed by atoms with van der Waals surface area (Å²) < 4.78 is 0. The molecule has 0 heterocycles. The van der Waals surface area contributed by atoms with Gasteiger partial charge >= 0.3 is 0 Å². The van der Waals surface area contributed by atoms with Gasteiger partial charge in [-0.1, -0.05) is 47.5 Å². The topological polar surface area (TPSA) is 0 Å². The van der Waals surface area contributed by atoms with Crippen LogP contribution in [0.15, 0.2) is 0 Å². The molecule has 0 amide bonds. The first kappa shape index (κ1) is 11.5. The Kier molecular flexibility index (Phi) is 2.90. The van der Waals surface area contributed by atoms with Crippen molar-refractivity contribution in [1.82, 2.24) is 0 Å². The number of hydrogen-bond donors (Lipinski definition) is 0. The zero-order valence-electron chi connectivity index (χ0n) is 11.2. The molecular weight excluding hydrogens is 180 g/mol. The predicted molar refractivity (Wildman–Crippen MR) is 66.7 cm³/mol. The summed E-state index contributed by atoms with van der Waals surface area (Å²) in [6.07, 6.45) is 5.86. The van der Waals surface area contributed by atoms with E-state index >= 15 is 0 Å². The molecule has 2 saturated carbocycles. The first-order valence-corrected chi connectivity index (χ1v) is 7.01. The molecule has 88 valence electrons. The van der Waals surface area contributed by atoms with Gasteiger partial charge in [0.25, 0.3) is 0 Å². The van der Waals surface area contributed by atoms with Gasteiger partial charge in [0.2, 0.25) is 0 Å². The predicted octanol–water partition coefficient (Wildman–Crippen LogP) is 4.74. The average Bonchev–Trinajstić information content (AvgIpc) is 2.59. The third kappa shape index (κ3) is 1.47. The molecule has 0 nitrogen and oxygen atoms in total. The van der Waals surface area contributed by atoms with Crippen LogP contribution >= 0.6 is 0 Å². The number of hydrogen-bond acceptors (Lipinski definition) is 0. The molecule has 0 bridgehead atoms. The van der Waals surface area contributed by atoms with Crippen LogP contribution in [0, 0.1) is 35.0 Å². The van der Waals surface area contributed by atoms with E-state index in [-0.39, 0.29) is 0 Å². The molecular formula is C15H28. The largest absolute Gasteiger partial charge is 0.0651 e. The Morgan fingerprint density at radius 2 is 1.67 bits per heavy atom. The molecule has 2 fully saturated rings. The molecule has 0 radical (unpaired) electrons. The lowest BCUT2D eigenvalue weighted by Gasteiger charge is -2.58. The lowest BCUT2D eigenvalue weighted by molar-refractivity contribution is -0.0962. The second-order valence-corrected chi connectivity index (χ2v) is 6.65. The Morgan fingerprint density at radius 1 is 1.07 bits per heavy atom. The molecule has 2 aliphatic rings. The van der Waals surface area contributed by atoms with Crippen LogP contribution in [0.1, 0.15) is 60.3 Å². The van der Waals surface area contributed by atoms with Gasteiger partial charge in [0.15, 0.2) is 0 Å². The van der Waals surface area contributed by atoms with Crippen LogP contribution in [-0.4, -0.2) is 0 Å². The van der Waals surface area contributed by atoms with E-state index in [1.807, 2.05) is 0 Å². The third-order valence-corrected chi connectivity index (χ3v) is 6.19. The van der Waals surface area contributed by atoms with Crippen molar-refractivity contribution < 1.29 is 0 Å². The second-order valence-electron chi connectivity index (χ2n) is 6.65. The Morgan fingerprint density at radius 3 is 2.13 bits per heavy atom. The minimum absolute atomic E-state index is 0.663. The fourth-order valence-corrected chi connectivity index (χ4v) is 4.90. The molecule has 0 aliphatic heterocycles. The summed E-state index contributed by atoms with van der Waals surface area (Å²) in [7, 11) is 0. The molecule has 0 heteroatoms. The minimum Gasteiger partial charge on any atom is -0.0651 e. The Labute approximate surface area is 95.8 Å². The quantitative estimate of drug-likeness (QED) is 0.615. The van der Waals surface area contributed by atoms with Crippen LogP contribution in [0.4, 0.5) is 0 Å². The van der Waals surface area contributed by atoms with E-state index in [0.29, 0.717) is 5.41 Å². The van der Waals surface area contributed by atoms with Crippen LogP contribution in [0.2, 0.25) is 0 Å². The molecule has 0 aromatic carbocycles. The van der Waals surface area contributed by atoms with Gasteiger partial charge in [-0.15, -0.1) is 0 Å².